The van der Waals surface area contributed by atoms with Crippen molar-refractivity contribution in [3.8, 4) is 17.5 Å². The maximum Gasteiger partial charge on any atom is 0.228 e. The molecule has 3 aromatic rings. The van der Waals surface area contributed by atoms with Crippen LogP contribution in [0.25, 0.3) is 22.6 Å². The van der Waals surface area contributed by atoms with Crippen LogP contribution < -0.4 is 0 Å². The highest BCUT2D eigenvalue weighted by molar-refractivity contribution is 9.10. The molecular weight excluding hydrogens is 292 g/mol. The minimum atomic E-state index is 0.549. The molecule has 0 aliphatic carbocycles. The monoisotopic (exact) mass is 298 g/mol. The number of rotatable bonds is 1. The van der Waals surface area contributed by atoms with Crippen molar-refractivity contribution >= 4 is 27.0 Å². The lowest BCUT2D eigenvalue weighted by atomic mass is 10.2. The molecule has 0 aliphatic heterocycles. The summed E-state index contributed by atoms with van der Waals surface area (Å²) in [6.07, 6.45) is 0. The van der Waals surface area contributed by atoms with Gasteiger partial charge >= 0.3 is 0 Å². The topological polar surface area (TPSA) is 49.8 Å². The number of hydrogen-bond acceptors (Lipinski definition) is 3. The maximum absolute atomic E-state index is 8.85. The Balaban J connectivity index is 2.20. The highest BCUT2D eigenvalue weighted by Crippen LogP contribution is 2.30. The Morgan fingerprint density at radius 3 is 2.78 bits per heavy atom. The maximum atomic E-state index is 8.85. The molecule has 18 heavy (non-hydrogen) atoms. The van der Waals surface area contributed by atoms with Crippen LogP contribution in [0, 0.1) is 11.3 Å². The van der Waals surface area contributed by atoms with E-state index in [0.29, 0.717) is 22.6 Å². The molecule has 0 amide bonds. The smallest absolute Gasteiger partial charge is 0.228 e. The van der Waals surface area contributed by atoms with Crippen molar-refractivity contribution in [1.29, 1.82) is 5.26 Å². The standard InChI is InChI=1S/C14H7BrN2O/c15-11-4-2-1-3-10(11)14-17-12-7-9(8-16)5-6-13(12)18-14/h1-7H. The van der Waals surface area contributed by atoms with E-state index in [0.717, 1.165) is 10.0 Å². The summed E-state index contributed by atoms with van der Waals surface area (Å²) in [4.78, 5) is 4.40. The van der Waals surface area contributed by atoms with E-state index in [1.807, 2.05) is 24.3 Å². The van der Waals surface area contributed by atoms with Crippen LogP contribution in [0.3, 0.4) is 0 Å². The number of aromatic nitrogens is 1. The van der Waals surface area contributed by atoms with Gasteiger partial charge in [-0.2, -0.15) is 5.26 Å². The molecule has 0 saturated heterocycles. The van der Waals surface area contributed by atoms with Crippen LogP contribution in [0.15, 0.2) is 51.4 Å². The second-order valence-corrected chi connectivity index (χ2v) is 4.65. The van der Waals surface area contributed by atoms with E-state index < -0.39 is 0 Å². The van der Waals surface area contributed by atoms with Crippen LogP contribution in [0.2, 0.25) is 0 Å². The second-order valence-electron chi connectivity index (χ2n) is 3.79. The summed E-state index contributed by atoms with van der Waals surface area (Å²) in [5.41, 5.74) is 2.85. The van der Waals surface area contributed by atoms with Crippen molar-refractivity contribution in [2.45, 2.75) is 0 Å². The molecule has 0 bridgehead atoms. The first kappa shape index (κ1) is 11.0. The lowest BCUT2D eigenvalue weighted by Crippen LogP contribution is -1.78. The van der Waals surface area contributed by atoms with Gasteiger partial charge < -0.3 is 4.42 Å². The number of benzene rings is 2. The van der Waals surface area contributed by atoms with Gasteiger partial charge in [-0.1, -0.05) is 12.1 Å². The van der Waals surface area contributed by atoms with Gasteiger partial charge in [0.2, 0.25) is 5.89 Å². The largest absolute Gasteiger partial charge is 0.436 e. The SMILES string of the molecule is N#Cc1ccc2oc(-c3ccccc3Br)nc2c1. The molecule has 0 N–H and O–H groups in total. The van der Waals surface area contributed by atoms with E-state index >= 15 is 0 Å². The van der Waals surface area contributed by atoms with Gasteiger partial charge in [0.05, 0.1) is 17.2 Å². The summed E-state index contributed by atoms with van der Waals surface area (Å²) in [5, 5.41) is 8.85. The summed E-state index contributed by atoms with van der Waals surface area (Å²) in [6.45, 7) is 0. The van der Waals surface area contributed by atoms with E-state index in [2.05, 4.69) is 27.0 Å². The van der Waals surface area contributed by atoms with Gasteiger partial charge in [-0.05, 0) is 46.3 Å². The van der Waals surface area contributed by atoms with E-state index in [-0.39, 0.29) is 0 Å². The van der Waals surface area contributed by atoms with Crippen molar-refractivity contribution in [3.63, 3.8) is 0 Å². The van der Waals surface area contributed by atoms with Gasteiger partial charge in [-0.25, -0.2) is 4.98 Å². The first-order valence-corrected chi connectivity index (χ1v) is 6.13. The van der Waals surface area contributed by atoms with E-state index in [1.54, 1.807) is 18.2 Å². The van der Waals surface area contributed by atoms with Gasteiger partial charge in [0, 0.05) is 4.47 Å². The van der Waals surface area contributed by atoms with E-state index in [9.17, 15) is 0 Å². The van der Waals surface area contributed by atoms with Crippen molar-refractivity contribution in [1.82, 2.24) is 4.98 Å². The Labute approximate surface area is 112 Å². The summed E-state index contributed by atoms with van der Waals surface area (Å²) >= 11 is 3.47. The normalized spacial score (nSPS) is 10.4. The summed E-state index contributed by atoms with van der Waals surface area (Å²) < 4.78 is 6.61. The molecule has 0 spiro atoms. The Morgan fingerprint density at radius 1 is 1.17 bits per heavy atom. The highest BCUT2D eigenvalue weighted by atomic mass is 79.9. The predicted molar refractivity (Wildman–Crippen MR) is 71.9 cm³/mol. The van der Waals surface area contributed by atoms with Gasteiger partial charge in [0.15, 0.2) is 5.58 Å². The average molecular weight is 299 g/mol. The fraction of sp³-hybridized carbons (Fsp3) is 0. The van der Waals surface area contributed by atoms with Crippen LogP contribution in [-0.4, -0.2) is 4.98 Å². The quantitative estimate of drug-likeness (QED) is 0.679. The summed E-state index contributed by atoms with van der Waals surface area (Å²) in [5.74, 6) is 0.549. The molecule has 1 aromatic heterocycles. The third-order valence-electron chi connectivity index (χ3n) is 2.62. The fourth-order valence-corrected chi connectivity index (χ4v) is 2.20. The molecule has 0 saturated carbocycles. The Kier molecular flexibility index (Phi) is 2.62. The van der Waals surface area contributed by atoms with Gasteiger partial charge in [0.25, 0.3) is 0 Å². The number of nitrogens with zero attached hydrogens (tertiary/aromatic N) is 2. The summed E-state index contributed by atoms with van der Waals surface area (Å²) in [7, 11) is 0. The van der Waals surface area contributed by atoms with E-state index in [4.69, 9.17) is 9.68 Å². The van der Waals surface area contributed by atoms with Crippen LogP contribution in [0.1, 0.15) is 5.56 Å². The van der Waals surface area contributed by atoms with Crippen LogP contribution in [0.5, 0.6) is 0 Å². The zero-order valence-electron chi connectivity index (χ0n) is 9.22. The minimum absolute atomic E-state index is 0.549. The van der Waals surface area contributed by atoms with Gasteiger partial charge in [0.1, 0.15) is 5.52 Å². The lowest BCUT2D eigenvalue weighted by molar-refractivity contribution is 0.619. The number of oxazole rings is 1. The van der Waals surface area contributed by atoms with Crippen LogP contribution >= 0.6 is 15.9 Å². The second kappa shape index (κ2) is 4.28. The molecule has 0 radical (unpaired) electrons. The number of fused-ring (bicyclic) bond motifs is 1. The molecule has 0 aliphatic rings. The Bertz CT molecular complexity index is 771. The molecule has 0 unspecified atom stereocenters. The molecule has 86 valence electrons. The third kappa shape index (κ3) is 1.79. The van der Waals surface area contributed by atoms with Crippen molar-refractivity contribution in [2.24, 2.45) is 0 Å². The fourth-order valence-electron chi connectivity index (χ4n) is 1.75. The number of nitriles is 1. The zero-order valence-corrected chi connectivity index (χ0v) is 10.8. The number of halogens is 1. The average Bonchev–Trinajstić information content (AvgIpc) is 2.81. The van der Waals surface area contributed by atoms with Crippen molar-refractivity contribution in [2.75, 3.05) is 0 Å². The van der Waals surface area contributed by atoms with Gasteiger partial charge in [-0.3, -0.25) is 0 Å². The lowest BCUT2D eigenvalue weighted by Gasteiger charge is -1.97. The molecule has 2 aromatic carbocycles. The van der Waals surface area contributed by atoms with Crippen LogP contribution in [-0.2, 0) is 0 Å². The van der Waals surface area contributed by atoms with Crippen molar-refractivity contribution < 1.29 is 4.42 Å². The molecule has 1 heterocycles. The van der Waals surface area contributed by atoms with E-state index in [1.165, 1.54) is 0 Å². The van der Waals surface area contributed by atoms with Crippen molar-refractivity contribution in [3.05, 3.63) is 52.5 Å². The third-order valence-corrected chi connectivity index (χ3v) is 3.31. The molecule has 0 atom stereocenters. The first-order valence-electron chi connectivity index (χ1n) is 5.33. The van der Waals surface area contributed by atoms with Crippen LogP contribution in [0.4, 0.5) is 0 Å². The zero-order chi connectivity index (χ0) is 12.5. The summed E-state index contributed by atoms with van der Waals surface area (Å²) in [6, 6.07) is 15.0. The minimum Gasteiger partial charge on any atom is -0.436 e. The molecule has 3 rings (SSSR count). The van der Waals surface area contributed by atoms with Gasteiger partial charge in [-0.15, -0.1) is 0 Å². The predicted octanol–water partition coefficient (Wildman–Crippen LogP) is 4.13. The Hall–Kier alpha value is -2.12. The number of hydrogen-bond donors (Lipinski definition) is 0. The molecule has 0 fully saturated rings. The molecule has 4 heteroatoms. The molecular formula is C14H7BrN2O. The first-order chi connectivity index (χ1) is 8.78. The molecule has 3 nitrogen and oxygen atoms in total. The highest BCUT2D eigenvalue weighted by Gasteiger charge is 2.10. The Morgan fingerprint density at radius 2 is 2.00 bits per heavy atom.